The van der Waals surface area contributed by atoms with Crippen molar-refractivity contribution in [3.63, 3.8) is 0 Å². The second kappa shape index (κ2) is 6.97. The first kappa shape index (κ1) is 16.3. The molecule has 0 aliphatic heterocycles. The van der Waals surface area contributed by atoms with E-state index in [1.165, 1.54) is 5.52 Å². The lowest BCUT2D eigenvalue weighted by Gasteiger charge is -2.06. The van der Waals surface area contributed by atoms with Gasteiger partial charge in [0.15, 0.2) is 9.99 Å². The molecule has 0 spiro atoms. The molecule has 4 aromatic rings. The van der Waals surface area contributed by atoms with Gasteiger partial charge in [-0.1, -0.05) is 23.9 Å². The molecule has 0 aliphatic carbocycles. The van der Waals surface area contributed by atoms with E-state index in [1.54, 1.807) is 29.4 Å². The van der Waals surface area contributed by atoms with E-state index in [0.717, 1.165) is 51.2 Å². The van der Waals surface area contributed by atoms with Gasteiger partial charge in [0.05, 0.1) is 11.0 Å². The molecule has 128 valence electrons. The fourth-order valence-electron chi connectivity index (χ4n) is 2.82. The summed E-state index contributed by atoms with van der Waals surface area (Å²) in [7, 11) is 2.08. The normalized spacial score (nSPS) is 11.4. The van der Waals surface area contributed by atoms with Crippen molar-refractivity contribution in [1.29, 1.82) is 0 Å². The number of imidazole rings is 1. The van der Waals surface area contributed by atoms with E-state index in [9.17, 15) is 0 Å². The molecule has 0 bridgehead atoms. The number of thiazole rings is 1. The molecule has 3 aromatic heterocycles. The summed E-state index contributed by atoms with van der Waals surface area (Å²) < 4.78 is 4.21. The molecule has 0 atom stereocenters. The number of benzene rings is 1. The first-order valence-corrected chi connectivity index (χ1v) is 10.1. The van der Waals surface area contributed by atoms with Gasteiger partial charge in [0, 0.05) is 20.0 Å². The van der Waals surface area contributed by atoms with Crippen molar-refractivity contribution in [3.8, 4) is 0 Å². The zero-order valence-electron chi connectivity index (χ0n) is 14.1. The predicted molar refractivity (Wildman–Crippen MR) is 105 cm³/mol. The number of nitrogens with zero attached hydrogens (tertiary/aromatic N) is 5. The van der Waals surface area contributed by atoms with Gasteiger partial charge in [-0.05, 0) is 24.8 Å². The van der Waals surface area contributed by atoms with E-state index in [4.69, 9.17) is 4.98 Å². The Morgan fingerprint density at radius 3 is 2.92 bits per heavy atom. The maximum atomic E-state index is 4.72. The van der Waals surface area contributed by atoms with Gasteiger partial charge >= 0.3 is 0 Å². The number of nitrogens with one attached hydrogen (secondary N) is 1. The lowest BCUT2D eigenvalue weighted by atomic mass is 10.3. The molecule has 25 heavy (non-hydrogen) atoms. The van der Waals surface area contributed by atoms with E-state index in [2.05, 4.69) is 44.0 Å². The third-order valence-corrected chi connectivity index (χ3v) is 6.13. The third kappa shape index (κ3) is 3.19. The van der Waals surface area contributed by atoms with Crippen LogP contribution in [-0.4, -0.2) is 37.3 Å². The lowest BCUT2D eigenvalue weighted by molar-refractivity contribution is 0.752. The van der Waals surface area contributed by atoms with Crippen LogP contribution in [0.1, 0.15) is 12.2 Å². The Morgan fingerprint density at radius 1 is 1.20 bits per heavy atom. The Morgan fingerprint density at radius 2 is 2.08 bits per heavy atom. The van der Waals surface area contributed by atoms with Gasteiger partial charge < -0.3 is 9.88 Å². The minimum atomic E-state index is 0.766. The van der Waals surface area contributed by atoms with Crippen molar-refractivity contribution in [1.82, 2.24) is 24.5 Å². The highest BCUT2D eigenvalue weighted by molar-refractivity contribution is 8.00. The topological polar surface area (TPSA) is 68.5 Å². The summed E-state index contributed by atoms with van der Waals surface area (Å²) in [5, 5.41) is 3.42. The van der Waals surface area contributed by atoms with Crippen LogP contribution in [0.3, 0.4) is 0 Å². The third-order valence-electron chi connectivity index (χ3n) is 4.10. The Kier molecular flexibility index (Phi) is 4.54. The number of thioether (sulfide) groups is 1. The van der Waals surface area contributed by atoms with Crippen LogP contribution in [0.2, 0.25) is 0 Å². The largest absolute Gasteiger partial charge is 0.369 e. The zero-order valence-corrected chi connectivity index (χ0v) is 15.7. The van der Waals surface area contributed by atoms with Crippen LogP contribution in [0.4, 0.5) is 5.82 Å². The second-order valence-electron chi connectivity index (χ2n) is 5.66. The minimum absolute atomic E-state index is 0.766. The molecular weight excluding hydrogens is 352 g/mol. The highest BCUT2D eigenvalue weighted by atomic mass is 32.2. The summed E-state index contributed by atoms with van der Waals surface area (Å²) in [6.07, 6.45) is 5.50. The fourth-order valence-corrected chi connectivity index (χ4v) is 4.30. The first-order chi connectivity index (χ1) is 12.3. The lowest BCUT2D eigenvalue weighted by Crippen LogP contribution is -2.07. The Balaban J connectivity index is 1.42. The number of fused-ring (bicyclic) bond motifs is 2. The number of aryl methyl sites for hydroxylation is 2. The van der Waals surface area contributed by atoms with Crippen molar-refractivity contribution in [2.45, 2.75) is 17.2 Å². The average Bonchev–Trinajstić information content (AvgIpc) is 3.21. The second-order valence-corrected chi connectivity index (χ2v) is 7.72. The number of aromatic nitrogens is 5. The molecule has 6 nitrogen and oxygen atoms in total. The number of hydrogen-bond donors (Lipinski definition) is 1. The molecule has 0 fully saturated rings. The van der Waals surface area contributed by atoms with Gasteiger partial charge in [-0.3, -0.25) is 0 Å². The van der Waals surface area contributed by atoms with Gasteiger partial charge in [-0.2, -0.15) is 0 Å². The molecule has 4 rings (SSSR count). The van der Waals surface area contributed by atoms with Crippen molar-refractivity contribution in [2.24, 2.45) is 7.05 Å². The first-order valence-electron chi connectivity index (χ1n) is 8.06. The Hall–Kier alpha value is -2.19. The summed E-state index contributed by atoms with van der Waals surface area (Å²) in [5.41, 5.74) is 3.00. The smallest absolute Gasteiger partial charge is 0.176 e. The molecule has 0 aliphatic rings. The Bertz CT molecular complexity index is 1020. The van der Waals surface area contributed by atoms with E-state index < -0.39 is 0 Å². The molecule has 3 heterocycles. The van der Waals surface area contributed by atoms with Gasteiger partial charge in [0.25, 0.3) is 0 Å². The Labute approximate surface area is 153 Å². The standard InChI is InChI=1S/C17H18N6S2/c1-23-12-7-4-3-6-11(12)21-13(23)8-5-9-18-15-14-16(20-10-19-15)22-17(24-2)25-14/h3-4,6-7,10H,5,8-9H2,1-2H3,(H,18,19,20). The van der Waals surface area contributed by atoms with E-state index in [0.29, 0.717) is 0 Å². The van der Waals surface area contributed by atoms with Crippen molar-refractivity contribution in [2.75, 3.05) is 18.1 Å². The SMILES string of the molecule is CSc1nc2ncnc(NCCCc3nc4ccccc4n3C)c2s1. The van der Waals surface area contributed by atoms with Crippen LogP contribution >= 0.6 is 23.1 Å². The van der Waals surface area contributed by atoms with Crippen LogP contribution in [0.5, 0.6) is 0 Å². The quantitative estimate of drug-likeness (QED) is 0.412. The number of rotatable bonds is 6. The summed E-state index contributed by atoms with van der Waals surface area (Å²) >= 11 is 3.26. The molecule has 0 saturated heterocycles. The van der Waals surface area contributed by atoms with Gasteiger partial charge in [-0.15, -0.1) is 11.3 Å². The monoisotopic (exact) mass is 370 g/mol. The average molecular weight is 371 g/mol. The van der Waals surface area contributed by atoms with Gasteiger partial charge in [-0.25, -0.2) is 19.9 Å². The predicted octanol–water partition coefficient (Wildman–Crippen LogP) is 3.74. The van der Waals surface area contributed by atoms with Crippen molar-refractivity contribution >= 4 is 50.3 Å². The van der Waals surface area contributed by atoms with Crippen LogP contribution in [0.15, 0.2) is 34.9 Å². The summed E-state index contributed by atoms with van der Waals surface area (Å²) in [6, 6.07) is 8.24. The molecule has 0 unspecified atom stereocenters. The van der Waals surface area contributed by atoms with Gasteiger partial charge in [0.2, 0.25) is 0 Å². The maximum absolute atomic E-state index is 4.72. The van der Waals surface area contributed by atoms with Crippen LogP contribution in [0.25, 0.3) is 21.4 Å². The highest BCUT2D eigenvalue weighted by Crippen LogP contribution is 2.30. The van der Waals surface area contributed by atoms with Gasteiger partial charge in [0.1, 0.15) is 22.7 Å². The minimum Gasteiger partial charge on any atom is -0.369 e. The van der Waals surface area contributed by atoms with E-state index in [1.807, 2.05) is 18.4 Å². The number of para-hydroxylation sites is 2. The summed E-state index contributed by atoms with van der Waals surface area (Å²) in [5.74, 6) is 1.98. The zero-order chi connectivity index (χ0) is 17.2. The molecule has 0 radical (unpaired) electrons. The molecule has 0 amide bonds. The van der Waals surface area contributed by atoms with E-state index in [-0.39, 0.29) is 0 Å². The van der Waals surface area contributed by atoms with E-state index >= 15 is 0 Å². The van der Waals surface area contributed by atoms with Crippen molar-refractivity contribution < 1.29 is 0 Å². The fraction of sp³-hybridized carbons (Fsp3) is 0.294. The number of anilines is 1. The molecule has 0 saturated carbocycles. The van der Waals surface area contributed by atoms with Crippen LogP contribution in [-0.2, 0) is 13.5 Å². The number of hydrogen-bond acceptors (Lipinski definition) is 7. The molecule has 1 N–H and O–H groups in total. The molecule has 1 aromatic carbocycles. The molecule has 8 heteroatoms. The summed E-state index contributed by atoms with van der Waals surface area (Å²) in [4.78, 5) is 17.8. The highest BCUT2D eigenvalue weighted by Gasteiger charge is 2.10. The van der Waals surface area contributed by atoms with Crippen LogP contribution in [0, 0.1) is 0 Å². The molecular formula is C17H18N6S2. The van der Waals surface area contributed by atoms with Crippen molar-refractivity contribution in [3.05, 3.63) is 36.4 Å². The maximum Gasteiger partial charge on any atom is 0.176 e. The van der Waals surface area contributed by atoms with Crippen LogP contribution < -0.4 is 5.32 Å². The summed E-state index contributed by atoms with van der Waals surface area (Å²) in [6.45, 7) is 0.835.